The molecule has 0 aliphatic rings. The van der Waals surface area contributed by atoms with E-state index >= 15 is 0 Å². The minimum Gasteiger partial charge on any atom is -0.461 e. The summed E-state index contributed by atoms with van der Waals surface area (Å²) in [5.74, 6) is -0.418. The summed E-state index contributed by atoms with van der Waals surface area (Å²) in [6, 6.07) is 7.56. The Balaban J connectivity index is 2.51. The van der Waals surface area contributed by atoms with E-state index in [-0.39, 0.29) is 11.3 Å². The largest absolute Gasteiger partial charge is 0.461 e. The number of hydrogen-bond donors (Lipinski definition) is 1. The van der Waals surface area contributed by atoms with Crippen molar-refractivity contribution >= 4 is 32.9 Å². The third-order valence-corrected chi connectivity index (χ3v) is 4.44. The van der Waals surface area contributed by atoms with Crippen LogP contribution in [0, 0.1) is 23.7 Å². The molecule has 0 saturated carbocycles. The highest BCUT2D eigenvalue weighted by Crippen LogP contribution is 2.30. The van der Waals surface area contributed by atoms with Crippen molar-refractivity contribution in [3.05, 3.63) is 45.9 Å². The summed E-state index contributed by atoms with van der Waals surface area (Å²) < 4.78 is 7.77. The molecule has 6 heteroatoms. The van der Waals surface area contributed by atoms with Gasteiger partial charge in [-0.25, -0.2) is 4.79 Å². The van der Waals surface area contributed by atoms with E-state index in [1.54, 1.807) is 17.4 Å². The maximum absolute atomic E-state index is 12.3. The molecule has 0 saturated heterocycles. The van der Waals surface area contributed by atoms with Gasteiger partial charge in [-0.2, -0.15) is 5.26 Å². The van der Waals surface area contributed by atoms with E-state index in [0.29, 0.717) is 16.0 Å². The maximum Gasteiger partial charge on any atom is 0.356 e. The van der Waals surface area contributed by atoms with Crippen molar-refractivity contribution in [2.24, 2.45) is 0 Å². The van der Waals surface area contributed by atoms with Gasteiger partial charge < -0.3 is 9.14 Å². The molecule has 0 aromatic carbocycles. The number of pyridine rings is 1. The number of fused-ring (bicyclic) bond motifs is 3. The first-order valence-electron chi connectivity index (χ1n) is 6.77. The van der Waals surface area contributed by atoms with Crippen molar-refractivity contribution in [3.8, 4) is 6.07 Å². The van der Waals surface area contributed by atoms with Crippen LogP contribution in [0.1, 0.15) is 28.5 Å². The molecular formula is C16H13N3O2S. The molecule has 3 aromatic rings. The van der Waals surface area contributed by atoms with Gasteiger partial charge in [-0.3, -0.25) is 5.41 Å². The second-order valence-corrected chi connectivity index (χ2v) is 5.90. The van der Waals surface area contributed by atoms with E-state index in [0.717, 1.165) is 27.8 Å². The molecule has 0 amide bonds. The Morgan fingerprint density at radius 1 is 1.50 bits per heavy atom. The number of nitrogens with one attached hydrogen (secondary N) is 1. The monoisotopic (exact) mass is 311 g/mol. The zero-order valence-corrected chi connectivity index (χ0v) is 13.0. The van der Waals surface area contributed by atoms with Crippen molar-refractivity contribution in [2.75, 3.05) is 6.61 Å². The highest BCUT2D eigenvalue weighted by molar-refractivity contribution is 7.16. The van der Waals surface area contributed by atoms with Crippen LogP contribution in [0.5, 0.6) is 0 Å². The van der Waals surface area contributed by atoms with E-state index in [1.165, 1.54) is 0 Å². The minimum absolute atomic E-state index is 0.146. The molecule has 22 heavy (non-hydrogen) atoms. The molecule has 0 aliphatic heterocycles. The van der Waals surface area contributed by atoms with Crippen LogP contribution in [0.25, 0.3) is 15.6 Å². The predicted octanol–water partition coefficient (Wildman–Crippen LogP) is 2.99. The molecule has 0 radical (unpaired) electrons. The Kier molecular flexibility index (Phi) is 3.43. The first-order chi connectivity index (χ1) is 10.6. The summed E-state index contributed by atoms with van der Waals surface area (Å²) >= 11 is 1.13. The maximum atomic E-state index is 12.3. The first kappa shape index (κ1) is 14.3. The molecule has 3 heterocycles. The Labute approximate surface area is 130 Å². The van der Waals surface area contributed by atoms with Crippen molar-refractivity contribution in [2.45, 2.75) is 13.8 Å². The van der Waals surface area contributed by atoms with Gasteiger partial charge in [0, 0.05) is 11.6 Å². The zero-order chi connectivity index (χ0) is 15.9. The van der Waals surface area contributed by atoms with Gasteiger partial charge in [0.25, 0.3) is 0 Å². The van der Waals surface area contributed by atoms with Gasteiger partial charge in [0.1, 0.15) is 16.4 Å². The number of ether oxygens (including phenoxy) is 1. The summed E-state index contributed by atoms with van der Waals surface area (Å²) in [4.78, 5) is 12.3. The topological polar surface area (TPSA) is 78.3 Å². The van der Waals surface area contributed by atoms with Crippen molar-refractivity contribution < 1.29 is 9.53 Å². The molecule has 110 valence electrons. The lowest BCUT2D eigenvalue weighted by Gasteiger charge is -2.03. The van der Waals surface area contributed by atoms with Crippen molar-refractivity contribution in [1.29, 1.82) is 10.7 Å². The fourth-order valence-corrected chi connectivity index (χ4v) is 3.42. The van der Waals surface area contributed by atoms with E-state index in [1.807, 2.05) is 31.3 Å². The molecule has 0 bridgehead atoms. The lowest BCUT2D eigenvalue weighted by Crippen LogP contribution is -2.08. The number of nitriles is 1. The number of esters is 1. The molecule has 5 nitrogen and oxygen atoms in total. The predicted molar refractivity (Wildman–Crippen MR) is 84.0 cm³/mol. The van der Waals surface area contributed by atoms with Gasteiger partial charge >= 0.3 is 5.97 Å². The normalized spacial score (nSPS) is 10.8. The molecule has 0 fully saturated rings. The van der Waals surface area contributed by atoms with Gasteiger partial charge in [0.2, 0.25) is 0 Å². The molecule has 3 aromatic heterocycles. The smallest absolute Gasteiger partial charge is 0.356 e. The lowest BCUT2D eigenvalue weighted by atomic mass is 10.2. The average Bonchev–Trinajstić information content (AvgIpc) is 2.78. The number of hydrogen-bond acceptors (Lipinski definition) is 5. The van der Waals surface area contributed by atoms with Crippen molar-refractivity contribution in [1.82, 2.24) is 4.40 Å². The van der Waals surface area contributed by atoms with Crippen LogP contribution in [0.2, 0.25) is 0 Å². The zero-order valence-electron chi connectivity index (χ0n) is 12.1. The number of aryl methyl sites for hydroxylation is 1. The van der Waals surface area contributed by atoms with Gasteiger partial charge in [0.05, 0.1) is 22.4 Å². The summed E-state index contributed by atoms with van der Waals surface area (Å²) in [5, 5.41) is 17.9. The summed E-state index contributed by atoms with van der Waals surface area (Å²) in [5.41, 5.74) is 2.56. The van der Waals surface area contributed by atoms with Gasteiger partial charge in [-0.05, 0) is 31.5 Å². The Morgan fingerprint density at radius 2 is 2.27 bits per heavy atom. The molecule has 0 atom stereocenters. The van der Waals surface area contributed by atoms with E-state index in [4.69, 9.17) is 15.4 Å². The summed E-state index contributed by atoms with van der Waals surface area (Å²) in [7, 11) is 0. The molecule has 0 unspecified atom stereocenters. The summed E-state index contributed by atoms with van der Waals surface area (Å²) in [6.45, 7) is 3.99. The standard InChI is InChI=1S/C16H13N3O2S/c1-3-21-16(20)13-14-11(6-10(7-17)15(18)22-14)12-5-4-9(2)8-19(12)13/h4-6,8,18H,3H2,1-2H3. The third-order valence-electron chi connectivity index (χ3n) is 3.40. The van der Waals surface area contributed by atoms with Crippen LogP contribution in [-0.4, -0.2) is 17.0 Å². The Bertz CT molecular complexity index is 1010. The highest BCUT2D eigenvalue weighted by Gasteiger charge is 2.20. The van der Waals surface area contributed by atoms with Crippen LogP contribution in [0.3, 0.4) is 0 Å². The van der Waals surface area contributed by atoms with E-state index < -0.39 is 5.97 Å². The molecule has 3 rings (SSSR count). The van der Waals surface area contributed by atoms with Crippen LogP contribution in [-0.2, 0) is 4.74 Å². The van der Waals surface area contributed by atoms with Crippen LogP contribution < -0.4 is 4.67 Å². The highest BCUT2D eigenvalue weighted by atomic mass is 32.1. The lowest BCUT2D eigenvalue weighted by molar-refractivity contribution is 0.0521. The number of carbonyl (C=O) groups is 1. The van der Waals surface area contributed by atoms with Crippen LogP contribution in [0.4, 0.5) is 0 Å². The number of rotatable bonds is 2. The van der Waals surface area contributed by atoms with Gasteiger partial charge in [-0.15, -0.1) is 11.3 Å². The second-order valence-electron chi connectivity index (χ2n) is 4.87. The summed E-state index contributed by atoms with van der Waals surface area (Å²) in [6.07, 6.45) is 1.87. The van der Waals surface area contributed by atoms with Crippen LogP contribution >= 0.6 is 11.3 Å². The van der Waals surface area contributed by atoms with Crippen LogP contribution in [0.15, 0.2) is 24.4 Å². The van der Waals surface area contributed by atoms with E-state index in [9.17, 15) is 4.79 Å². The van der Waals surface area contributed by atoms with Gasteiger partial charge in [0.15, 0.2) is 0 Å². The fraction of sp³-hybridized carbons (Fsp3) is 0.188. The number of nitrogens with zero attached hydrogens (tertiary/aromatic N) is 2. The fourth-order valence-electron chi connectivity index (χ4n) is 2.45. The first-order valence-corrected chi connectivity index (χ1v) is 7.58. The number of aromatic nitrogens is 1. The second kappa shape index (κ2) is 5.28. The molecular weight excluding hydrogens is 298 g/mol. The third kappa shape index (κ3) is 2.07. The number of carbonyl (C=O) groups excluding carboxylic acids is 1. The Hall–Kier alpha value is -2.65. The molecule has 0 spiro atoms. The average molecular weight is 311 g/mol. The van der Waals surface area contributed by atoms with E-state index in [2.05, 4.69) is 0 Å². The Morgan fingerprint density at radius 3 is 2.95 bits per heavy atom. The minimum atomic E-state index is -0.418. The molecule has 0 aliphatic carbocycles. The van der Waals surface area contributed by atoms with Crippen molar-refractivity contribution in [3.63, 3.8) is 0 Å². The quantitative estimate of drug-likeness (QED) is 0.739. The molecule has 1 N–H and O–H groups in total. The SMILES string of the molecule is CCOC(=O)c1c2sc(=N)c(C#N)cc2c2ccc(C)cn12. The van der Waals surface area contributed by atoms with Gasteiger partial charge in [-0.1, -0.05) is 6.07 Å².